The average molecular weight is 215 g/mol. The molecule has 5 heteroatoms. The van der Waals surface area contributed by atoms with Gasteiger partial charge in [0.05, 0.1) is 19.3 Å². The predicted octanol–water partition coefficient (Wildman–Crippen LogP) is -0.829. The minimum absolute atomic E-state index is 0.0873. The number of rotatable bonds is 4. The molecule has 1 aliphatic heterocycles. The number of nitrogens with zero attached hydrogens (tertiary/aromatic N) is 1. The first-order valence-electron chi connectivity index (χ1n) is 5.45. The number of morpholine rings is 1. The van der Waals surface area contributed by atoms with Gasteiger partial charge in [-0.25, -0.2) is 0 Å². The number of nitrogens with one attached hydrogen (secondary N) is 1. The van der Waals surface area contributed by atoms with Gasteiger partial charge in [0.1, 0.15) is 0 Å². The highest BCUT2D eigenvalue weighted by Crippen LogP contribution is 1.98. The highest BCUT2D eigenvalue weighted by atomic mass is 16.5. The van der Waals surface area contributed by atoms with E-state index in [1.54, 1.807) is 6.92 Å². The molecule has 1 fully saturated rings. The highest BCUT2D eigenvalue weighted by Gasteiger charge is 2.16. The molecule has 0 bridgehead atoms. The summed E-state index contributed by atoms with van der Waals surface area (Å²) in [4.78, 5) is 13.6. The smallest absolute Gasteiger partial charge is 0.236 e. The van der Waals surface area contributed by atoms with Gasteiger partial charge in [-0.15, -0.1) is 0 Å². The van der Waals surface area contributed by atoms with Gasteiger partial charge >= 0.3 is 0 Å². The number of carbonyl (C=O) groups is 1. The van der Waals surface area contributed by atoms with Crippen molar-refractivity contribution in [2.75, 3.05) is 32.8 Å². The minimum Gasteiger partial charge on any atom is -0.379 e. The Bertz CT molecular complexity index is 203. The molecule has 0 aliphatic carbocycles. The van der Waals surface area contributed by atoms with Gasteiger partial charge in [0.15, 0.2) is 0 Å². The standard InChI is InChI=1S/C10H21N3O2/c1-8(12-10(14)9(2)11)7-13-3-5-15-6-4-13/h8-9H,3-7,11H2,1-2H3,(H,12,14)/t8?,9-/m1/s1. The van der Waals surface area contributed by atoms with Crippen molar-refractivity contribution >= 4 is 5.91 Å². The molecule has 0 aromatic heterocycles. The maximum atomic E-state index is 11.3. The molecule has 5 nitrogen and oxygen atoms in total. The first-order valence-corrected chi connectivity index (χ1v) is 5.45. The minimum atomic E-state index is -0.433. The van der Waals surface area contributed by atoms with Gasteiger partial charge in [-0.05, 0) is 13.8 Å². The van der Waals surface area contributed by atoms with Gasteiger partial charge in [0.25, 0.3) is 0 Å². The number of amides is 1. The summed E-state index contributed by atoms with van der Waals surface area (Å²) in [6, 6.07) is -0.293. The molecule has 1 amide bonds. The third-order valence-corrected chi connectivity index (χ3v) is 2.44. The Morgan fingerprint density at radius 3 is 2.60 bits per heavy atom. The van der Waals surface area contributed by atoms with Crippen LogP contribution in [0, 0.1) is 0 Å². The van der Waals surface area contributed by atoms with E-state index >= 15 is 0 Å². The highest BCUT2D eigenvalue weighted by molar-refractivity contribution is 5.81. The Hall–Kier alpha value is -0.650. The summed E-state index contributed by atoms with van der Waals surface area (Å²) in [5.74, 6) is -0.0873. The molecule has 2 atom stereocenters. The number of nitrogens with two attached hydrogens (primary N) is 1. The van der Waals surface area contributed by atoms with Crippen LogP contribution in [0.1, 0.15) is 13.8 Å². The Morgan fingerprint density at radius 2 is 2.07 bits per heavy atom. The lowest BCUT2D eigenvalue weighted by Crippen LogP contribution is -2.49. The third-order valence-electron chi connectivity index (χ3n) is 2.44. The van der Waals surface area contributed by atoms with Crippen LogP contribution in [-0.2, 0) is 9.53 Å². The average Bonchev–Trinajstić information content (AvgIpc) is 2.18. The fourth-order valence-electron chi connectivity index (χ4n) is 1.59. The molecule has 1 saturated heterocycles. The molecule has 0 saturated carbocycles. The maximum Gasteiger partial charge on any atom is 0.236 e. The van der Waals surface area contributed by atoms with Crippen molar-refractivity contribution in [3.8, 4) is 0 Å². The van der Waals surface area contributed by atoms with Gasteiger partial charge in [0, 0.05) is 25.7 Å². The Balaban J connectivity index is 2.22. The van der Waals surface area contributed by atoms with E-state index in [4.69, 9.17) is 10.5 Å². The SMILES string of the molecule is CC(CN1CCOCC1)NC(=O)[C@@H](C)N. The zero-order valence-electron chi connectivity index (χ0n) is 9.53. The van der Waals surface area contributed by atoms with Crippen molar-refractivity contribution < 1.29 is 9.53 Å². The summed E-state index contributed by atoms with van der Waals surface area (Å²) >= 11 is 0. The summed E-state index contributed by atoms with van der Waals surface area (Å²) in [6.07, 6.45) is 0. The van der Waals surface area contributed by atoms with Crippen LogP contribution in [0.4, 0.5) is 0 Å². The molecule has 3 N–H and O–H groups in total. The van der Waals surface area contributed by atoms with Crippen molar-refractivity contribution in [1.29, 1.82) is 0 Å². The molecule has 0 radical (unpaired) electrons. The second kappa shape index (κ2) is 6.05. The Morgan fingerprint density at radius 1 is 1.47 bits per heavy atom. The van der Waals surface area contributed by atoms with Crippen molar-refractivity contribution in [3.63, 3.8) is 0 Å². The lowest BCUT2D eigenvalue weighted by atomic mass is 10.2. The molecule has 15 heavy (non-hydrogen) atoms. The fraction of sp³-hybridized carbons (Fsp3) is 0.900. The summed E-state index contributed by atoms with van der Waals surface area (Å²) in [5, 5.41) is 2.88. The van der Waals surface area contributed by atoms with E-state index in [9.17, 15) is 4.79 Å². The third kappa shape index (κ3) is 4.59. The Labute approximate surface area is 90.9 Å². The zero-order valence-corrected chi connectivity index (χ0v) is 9.53. The summed E-state index contributed by atoms with van der Waals surface area (Å²) < 4.78 is 5.25. The molecule has 1 aliphatic rings. The monoisotopic (exact) mass is 215 g/mol. The molecule has 0 spiro atoms. The molecule has 1 heterocycles. The van der Waals surface area contributed by atoms with Crippen LogP contribution in [0.5, 0.6) is 0 Å². The quantitative estimate of drug-likeness (QED) is 0.642. The summed E-state index contributed by atoms with van der Waals surface area (Å²) in [6.45, 7) is 8.01. The van der Waals surface area contributed by atoms with Crippen LogP contribution in [0.3, 0.4) is 0 Å². The van der Waals surface area contributed by atoms with Crippen LogP contribution in [0.2, 0.25) is 0 Å². The second-order valence-corrected chi connectivity index (χ2v) is 4.11. The molecule has 1 unspecified atom stereocenters. The first kappa shape index (κ1) is 12.4. The van der Waals surface area contributed by atoms with Crippen LogP contribution in [-0.4, -0.2) is 55.7 Å². The van der Waals surface area contributed by atoms with Crippen LogP contribution in [0.15, 0.2) is 0 Å². The fourth-order valence-corrected chi connectivity index (χ4v) is 1.59. The second-order valence-electron chi connectivity index (χ2n) is 4.11. The Kier molecular flexibility index (Phi) is 5.01. The van der Waals surface area contributed by atoms with Crippen LogP contribution < -0.4 is 11.1 Å². The first-order chi connectivity index (χ1) is 7.09. The van der Waals surface area contributed by atoms with Crippen molar-refractivity contribution in [2.24, 2.45) is 5.73 Å². The number of hydrogen-bond acceptors (Lipinski definition) is 4. The van der Waals surface area contributed by atoms with E-state index in [0.29, 0.717) is 0 Å². The largest absolute Gasteiger partial charge is 0.379 e. The lowest BCUT2D eigenvalue weighted by Gasteiger charge is -2.29. The molecular weight excluding hydrogens is 194 g/mol. The molecular formula is C10H21N3O2. The lowest BCUT2D eigenvalue weighted by molar-refractivity contribution is -0.122. The van der Waals surface area contributed by atoms with E-state index in [-0.39, 0.29) is 11.9 Å². The molecule has 0 aromatic rings. The van der Waals surface area contributed by atoms with Crippen LogP contribution in [0.25, 0.3) is 0 Å². The molecule has 88 valence electrons. The topological polar surface area (TPSA) is 67.6 Å². The predicted molar refractivity (Wildman–Crippen MR) is 58.5 cm³/mol. The maximum absolute atomic E-state index is 11.3. The normalized spacial score (nSPS) is 22.1. The number of ether oxygens (including phenoxy) is 1. The van der Waals surface area contributed by atoms with Crippen molar-refractivity contribution in [3.05, 3.63) is 0 Å². The van der Waals surface area contributed by atoms with Gasteiger partial charge in [-0.1, -0.05) is 0 Å². The van der Waals surface area contributed by atoms with E-state index in [2.05, 4.69) is 10.2 Å². The van der Waals surface area contributed by atoms with Crippen molar-refractivity contribution in [2.45, 2.75) is 25.9 Å². The summed E-state index contributed by atoms with van der Waals surface area (Å²) in [5.41, 5.74) is 5.47. The zero-order chi connectivity index (χ0) is 11.3. The van der Waals surface area contributed by atoms with E-state index in [1.807, 2.05) is 6.92 Å². The molecule has 0 aromatic carbocycles. The number of hydrogen-bond donors (Lipinski definition) is 2. The molecule has 1 rings (SSSR count). The van der Waals surface area contributed by atoms with Crippen molar-refractivity contribution in [1.82, 2.24) is 10.2 Å². The summed E-state index contributed by atoms with van der Waals surface area (Å²) in [7, 11) is 0. The van der Waals surface area contributed by atoms with Gasteiger partial charge in [-0.2, -0.15) is 0 Å². The van der Waals surface area contributed by atoms with Gasteiger partial charge in [-0.3, -0.25) is 9.69 Å². The number of carbonyl (C=O) groups excluding carboxylic acids is 1. The van der Waals surface area contributed by atoms with E-state index < -0.39 is 6.04 Å². The van der Waals surface area contributed by atoms with E-state index in [0.717, 1.165) is 32.8 Å². The van der Waals surface area contributed by atoms with Gasteiger partial charge < -0.3 is 15.8 Å². The van der Waals surface area contributed by atoms with E-state index in [1.165, 1.54) is 0 Å². The van der Waals surface area contributed by atoms with Gasteiger partial charge in [0.2, 0.25) is 5.91 Å². The van der Waals surface area contributed by atoms with Crippen LogP contribution >= 0.6 is 0 Å².